The van der Waals surface area contributed by atoms with Gasteiger partial charge in [-0.2, -0.15) is 0 Å². The average Bonchev–Trinajstić information content (AvgIpc) is 2.70. The summed E-state index contributed by atoms with van der Waals surface area (Å²) in [5.41, 5.74) is 0. The van der Waals surface area contributed by atoms with E-state index in [4.69, 9.17) is 28.4 Å². The standard InChI is InChI=1S/C19H18O7/c20-19(23-11-13-9-21-15-5-1-3-7-17(15)25-13)24-12-14-10-22-16-6-2-4-8-18(16)26-14/h1-8,13-14H,9-12H2. The summed E-state index contributed by atoms with van der Waals surface area (Å²) in [4.78, 5) is 11.8. The minimum absolute atomic E-state index is 0.0397. The lowest BCUT2D eigenvalue weighted by atomic mass is 10.3. The van der Waals surface area contributed by atoms with E-state index in [1.807, 2.05) is 36.4 Å². The van der Waals surface area contributed by atoms with Crippen LogP contribution in [-0.2, 0) is 9.47 Å². The van der Waals surface area contributed by atoms with Gasteiger partial charge in [-0.25, -0.2) is 4.79 Å². The molecule has 2 atom stereocenters. The highest BCUT2D eigenvalue weighted by Crippen LogP contribution is 2.31. The number of hydrogen-bond donors (Lipinski definition) is 0. The van der Waals surface area contributed by atoms with Crippen molar-refractivity contribution in [2.45, 2.75) is 12.2 Å². The van der Waals surface area contributed by atoms with Gasteiger partial charge < -0.3 is 28.4 Å². The normalized spacial score (nSPS) is 20.2. The van der Waals surface area contributed by atoms with Crippen LogP contribution >= 0.6 is 0 Å². The fourth-order valence-electron chi connectivity index (χ4n) is 2.65. The quantitative estimate of drug-likeness (QED) is 0.778. The maximum Gasteiger partial charge on any atom is 0.508 e. The zero-order valence-corrected chi connectivity index (χ0v) is 14.0. The highest BCUT2D eigenvalue weighted by molar-refractivity contribution is 5.60. The largest absolute Gasteiger partial charge is 0.508 e. The van der Waals surface area contributed by atoms with Gasteiger partial charge >= 0.3 is 6.16 Å². The Morgan fingerprint density at radius 3 is 1.65 bits per heavy atom. The molecule has 2 aromatic carbocycles. The second kappa shape index (κ2) is 7.43. The van der Waals surface area contributed by atoms with Crippen molar-refractivity contribution in [3.8, 4) is 23.0 Å². The van der Waals surface area contributed by atoms with Crippen molar-refractivity contribution in [1.82, 2.24) is 0 Å². The van der Waals surface area contributed by atoms with Crippen LogP contribution in [0, 0.1) is 0 Å². The van der Waals surface area contributed by atoms with Crippen molar-refractivity contribution in [1.29, 1.82) is 0 Å². The van der Waals surface area contributed by atoms with Gasteiger partial charge in [0.2, 0.25) is 0 Å². The molecule has 7 nitrogen and oxygen atoms in total. The molecule has 2 heterocycles. The zero-order valence-electron chi connectivity index (χ0n) is 14.0. The first-order valence-corrected chi connectivity index (χ1v) is 8.34. The van der Waals surface area contributed by atoms with E-state index in [0.29, 0.717) is 36.2 Å². The summed E-state index contributed by atoms with van der Waals surface area (Å²) >= 11 is 0. The van der Waals surface area contributed by atoms with Crippen LogP contribution in [0.1, 0.15) is 0 Å². The minimum Gasteiger partial charge on any atom is -0.486 e. The molecule has 0 aliphatic carbocycles. The summed E-state index contributed by atoms with van der Waals surface area (Å²) in [5, 5.41) is 0. The Morgan fingerprint density at radius 1 is 0.769 bits per heavy atom. The first-order chi connectivity index (χ1) is 12.8. The molecule has 0 N–H and O–H groups in total. The maximum absolute atomic E-state index is 11.8. The van der Waals surface area contributed by atoms with Crippen molar-refractivity contribution in [3.05, 3.63) is 48.5 Å². The molecule has 2 aliphatic rings. The third kappa shape index (κ3) is 3.77. The first kappa shape index (κ1) is 16.4. The van der Waals surface area contributed by atoms with E-state index in [9.17, 15) is 4.79 Å². The van der Waals surface area contributed by atoms with E-state index in [-0.39, 0.29) is 25.4 Å². The number of ether oxygens (including phenoxy) is 6. The first-order valence-electron chi connectivity index (χ1n) is 8.34. The molecule has 0 spiro atoms. The van der Waals surface area contributed by atoms with Gasteiger partial charge in [0.05, 0.1) is 0 Å². The number of carbonyl (C=O) groups is 1. The predicted molar refractivity (Wildman–Crippen MR) is 90.0 cm³/mol. The molecule has 0 saturated carbocycles. The van der Waals surface area contributed by atoms with Crippen LogP contribution in [0.2, 0.25) is 0 Å². The van der Waals surface area contributed by atoms with Gasteiger partial charge in [0.1, 0.15) is 26.4 Å². The Bertz CT molecular complexity index is 712. The van der Waals surface area contributed by atoms with Crippen LogP contribution < -0.4 is 18.9 Å². The molecule has 0 bridgehead atoms. The molecule has 136 valence electrons. The van der Waals surface area contributed by atoms with Gasteiger partial charge in [-0.15, -0.1) is 0 Å². The predicted octanol–water partition coefficient (Wildman–Crippen LogP) is 2.82. The van der Waals surface area contributed by atoms with Gasteiger partial charge in [-0.3, -0.25) is 0 Å². The van der Waals surface area contributed by atoms with Crippen molar-refractivity contribution in [2.75, 3.05) is 26.4 Å². The Kier molecular flexibility index (Phi) is 4.68. The summed E-state index contributed by atoms with van der Waals surface area (Å²) in [6, 6.07) is 14.7. The van der Waals surface area contributed by atoms with Gasteiger partial charge in [-0.05, 0) is 24.3 Å². The number of carbonyl (C=O) groups excluding carboxylic acids is 1. The number of hydrogen-bond acceptors (Lipinski definition) is 7. The van der Waals surface area contributed by atoms with Crippen molar-refractivity contribution in [2.24, 2.45) is 0 Å². The van der Waals surface area contributed by atoms with E-state index in [1.165, 1.54) is 0 Å². The fraction of sp³-hybridized carbons (Fsp3) is 0.316. The van der Waals surface area contributed by atoms with Gasteiger partial charge in [0, 0.05) is 0 Å². The second-order valence-electron chi connectivity index (χ2n) is 5.87. The summed E-state index contributed by atoms with van der Waals surface area (Å²) in [6.07, 6.45) is -1.54. The van der Waals surface area contributed by atoms with E-state index in [1.54, 1.807) is 12.1 Å². The number of fused-ring (bicyclic) bond motifs is 2. The van der Waals surface area contributed by atoms with Crippen molar-refractivity contribution >= 4 is 6.16 Å². The molecule has 0 radical (unpaired) electrons. The minimum atomic E-state index is -0.782. The van der Waals surface area contributed by atoms with Crippen LogP contribution in [0.5, 0.6) is 23.0 Å². The molecular formula is C19H18O7. The fourth-order valence-corrected chi connectivity index (χ4v) is 2.65. The third-order valence-electron chi connectivity index (χ3n) is 3.91. The Labute approximate surface area is 150 Å². The van der Waals surface area contributed by atoms with Gasteiger partial charge in [0.15, 0.2) is 35.2 Å². The number of benzene rings is 2. The van der Waals surface area contributed by atoms with Gasteiger partial charge in [0.25, 0.3) is 0 Å². The molecule has 7 heteroatoms. The topological polar surface area (TPSA) is 72.5 Å². The molecule has 2 unspecified atom stereocenters. The molecule has 0 amide bonds. The molecule has 0 fully saturated rings. The summed E-state index contributed by atoms with van der Waals surface area (Å²) in [6.45, 7) is 0.692. The molecule has 2 aromatic rings. The second-order valence-corrected chi connectivity index (χ2v) is 5.87. The van der Waals surface area contributed by atoms with E-state index in [2.05, 4.69) is 0 Å². The summed E-state index contributed by atoms with van der Waals surface area (Å²) in [7, 11) is 0. The van der Waals surface area contributed by atoms with Crippen LogP contribution in [0.25, 0.3) is 0 Å². The molecule has 26 heavy (non-hydrogen) atoms. The lowest BCUT2D eigenvalue weighted by Gasteiger charge is -2.27. The average molecular weight is 358 g/mol. The monoisotopic (exact) mass is 358 g/mol. The van der Waals surface area contributed by atoms with Crippen molar-refractivity contribution < 1.29 is 33.2 Å². The SMILES string of the molecule is O=C(OCC1COc2ccccc2O1)OCC1COc2ccccc2O1. The number of rotatable bonds is 4. The maximum atomic E-state index is 11.8. The third-order valence-corrected chi connectivity index (χ3v) is 3.91. The summed E-state index contributed by atoms with van der Waals surface area (Å²) < 4.78 is 32.7. The van der Waals surface area contributed by atoms with E-state index >= 15 is 0 Å². The Balaban J connectivity index is 1.20. The van der Waals surface area contributed by atoms with Crippen molar-refractivity contribution in [3.63, 3.8) is 0 Å². The Morgan fingerprint density at radius 2 is 1.19 bits per heavy atom. The van der Waals surface area contributed by atoms with Gasteiger partial charge in [-0.1, -0.05) is 24.3 Å². The Hall–Kier alpha value is -3.09. The lowest BCUT2D eigenvalue weighted by Crippen LogP contribution is -2.36. The van der Waals surface area contributed by atoms with Crippen LogP contribution in [-0.4, -0.2) is 44.8 Å². The molecular weight excluding hydrogens is 340 g/mol. The van der Waals surface area contributed by atoms with Crippen LogP contribution in [0.4, 0.5) is 4.79 Å². The highest BCUT2D eigenvalue weighted by Gasteiger charge is 2.24. The zero-order chi connectivity index (χ0) is 17.8. The summed E-state index contributed by atoms with van der Waals surface area (Å²) in [5.74, 6) is 2.63. The number of para-hydroxylation sites is 4. The van der Waals surface area contributed by atoms with Crippen LogP contribution in [0.3, 0.4) is 0 Å². The smallest absolute Gasteiger partial charge is 0.486 e. The van der Waals surface area contributed by atoms with E-state index < -0.39 is 6.16 Å². The lowest BCUT2D eigenvalue weighted by molar-refractivity contribution is -0.0186. The molecule has 4 rings (SSSR count). The molecule has 2 aliphatic heterocycles. The molecule has 0 aromatic heterocycles. The molecule has 0 saturated heterocycles. The van der Waals surface area contributed by atoms with E-state index in [0.717, 1.165) is 0 Å². The highest BCUT2D eigenvalue weighted by atomic mass is 16.7. The van der Waals surface area contributed by atoms with Crippen LogP contribution in [0.15, 0.2) is 48.5 Å².